The van der Waals surface area contributed by atoms with Gasteiger partial charge in [0.25, 0.3) is 5.91 Å². The van der Waals surface area contributed by atoms with E-state index in [9.17, 15) is 4.79 Å². The quantitative estimate of drug-likeness (QED) is 0.523. The lowest BCUT2D eigenvalue weighted by Crippen LogP contribution is -2.42. The van der Waals surface area contributed by atoms with Crippen molar-refractivity contribution in [2.45, 2.75) is 6.92 Å². The number of rotatable bonds is 7. The molecule has 162 valence electrons. The van der Waals surface area contributed by atoms with E-state index < -0.39 is 0 Å². The number of morpholine rings is 1. The Hall–Kier alpha value is -2.74. The average Bonchev–Trinajstić information content (AvgIpc) is 3.25. The van der Waals surface area contributed by atoms with Gasteiger partial charge >= 0.3 is 0 Å². The van der Waals surface area contributed by atoms with Crippen molar-refractivity contribution >= 4 is 38.7 Å². The first-order valence-electron chi connectivity index (χ1n) is 10.4. The molecule has 0 bridgehead atoms. The van der Waals surface area contributed by atoms with Gasteiger partial charge in [0.2, 0.25) is 0 Å². The molecule has 0 atom stereocenters. The molecule has 6 nitrogen and oxygen atoms in total. The van der Waals surface area contributed by atoms with Crippen molar-refractivity contribution in [3.63, 3.8) is 0 Å². The van der Waals surface area contributed by atoms with Crippen LogP contribution in [0, 0.1) is 6.92 Å². The molecule has 1 aliphatic heterocycles. The van der Waals surface area contributed by atoms with Crippen LogP contribution in [-0.2, 0) is 9.53 Å². The number of aryl methyl sites for hydroxylation is 1. The van der Waals surface area contributed by atoms with Crippen molar-refractivity contribution in [1.29, 1.82) is 0 Å². The smallest absolute Gasteiger partial charge is 0.252 e. The molecule has 0 spiro atoms. The van der Waals surface area contributed by atoms with E-state index in [2.05, 4.69) is 11.8 Å². The van der Waals surface area contributed by atoms with Crippen LogP contribution in [0.1, 0.15) is 11.1 Å². The van der Waals surface area contributed by atoms with Crippen LogP contribution in [0.2, 0.25) is 0 Å². The standard InChI is InChI=1S/C24H27N3O3S/c1-18-8-10-20(29-2)22-23(18)31-24(25-22)27(13-12-26-14-16-30-17-15-26)21(28)11-9-19-6-4-3-5-7-19/h3-11H,12-17H2,1-2H3/b11-9+. The number of ether oxygens (including phenoxy) is 2. The fourth-order valence-electron chi connectivity index (χ4n) is 3.57. The number of fused-ring (bicyclic) bond motifs is 1. The molecule has 2 aromatic carbocycles. The van der Waals surface area contributed by atoms with Crippen LogP contribution in [-0.4, -0.2) is 62.3 Å². The van der Waals surface area contributed by atoms with E-state index in [1.807, 2.05) is 48.5 Å². The molecule has 0 N–H and O–H groups in total. The topological polar surface area (TPSA) is 54.9 Å². The summed E-state index contributed by atoms with van der Waals surface area (Å²) >= 11 is 1.54. The molecule has 0 aliphatic carbocycles. The lowest BCUT2D eigenvalue weighted by Gasteiger charge is -2.28. The number of benzene rings is 2. The molecule has 7 heteroatoms. The Morgan fingerprint density at radius 3 is 2.74 bits per heavy atom. The molecule has 0 unspecified atom stereocenters. The SMILES string of the molecule is COc1ccc(C)c2sc(N(CCN3CCOCC3)C(=O)/C=C/c3ccccc3)nc12. The second-order valence-electron chi connectivity index (χ2n) is 7.45. The van der Waals surface area contributed by atoms with E-state index in [-0.39, 0.29) is 5.91 Å². The Labute approximate surface area is 186 Å². The third-order valence-corrected chi connectivity index (χ3v) is 6.58. The van der Waals surface area contributed by atoms with E-state index >= 15 is 0 Å². The van der Waals surface area contributed by atoms with Gasteiger partial charge in [0.05, 0.1) is 25.0 Å². The van der Waals surface area contributed by atoms with E-state index in [4.69, 9.17) is 14.5 Å². The van der Waals surface area contributed by atoms with Crippen LogP contribution >= 0.6 is 11.3 Å². The zero-order valence-corrected chi connectivity index (χ0v) is 18.7. The second-order valence-corrected chi connectivity index (χ2v) is 8.42. The molecule has 31 heavy (non-hydrogen) atoms. The molecule has 1 amide bonds. The molecule has 1 aromatic heterocycles. The average molecular weight is 438 g/mol. The first-order valence-corrected chi connectivity index (χ1v) is 11.3. The fourth-order valence-corrected chi connectivity index (χ4v) is 4.65. The first kappa shape index (κ1) is 21.5. The Balaban J connectivity index is 1.62. The molecule has 1 saturated heterocycles. The molecular weight excluding hydrogens is 410 g/mol. The van der Waals surface area contributed by atoms with Crippen LogP contribution in [0.3, 0.4) is 0 Å². The maximum absolute atomic E-state index is 13.2. The summed E-state index contributed by atoms with van der Waals surface area (Å²) in [5, 5.41) is 0.693. The van der Waals surface area contributed by atoms with Crippen molar-refractivity contribution in [1.82, 2.24) is 9.88 Å². The second kappa shape index (κ2) is 10.0. The highest BCUT2D eigenvalue weighted by molar-refractivity contribution is 7.22. The lowest BCUT2D eigenvalue weighted by atomic mass is 10.2. The fraction of sp³-hybridized carbons (Fsp3) is 0.333. The van der Waals surface area contributed by atoms with Crippen molar-refractivity contribution < 1.29 is 14.3 Å². The molecule has 1 aliphatic rings. The Morgan fingerprint density at radius 2 is 2.00 bits per heavy atom. The molecule has 0 saturated carbocycles. The largest absolute Gasteiger partial charge is 0.494 e. The molecule has 4 rings (SSSR count). The van der Waals surface area contributed by atoms with Crippen LogP contribution in [0.25, 0.3) is 16.3 Å². The van der Waals surface area contributed by atoms with E-state index in [1.165, 1.54) is 11.3 Å². The number of methoxy groups -OCH3 is 1. The minimum absolute atomic E-state index is 0.0761. The highest BCUT2D eigenvalue weighted by atomic mass is 32.1. The van der Waals surface area contributed by atoms with Gasteiger partial charge in [0.15, 0.2) is 5.13 Å². The van der Waals surface area contributed by atoms with E-state index in [0.29, 0.717) is 11.7 Å². The van der Waals surface area contributed by atoms with Gasteiger partial charge in [0.1, 0.15) is 11.3 Å². The summed E-state index contributed by atoms with van der Waals surface area (Å²) in [6.45, 7) is 6.64. The molecule has 3 aromatic rings. The number of carbonyl (C=O) groups is 1. The summed E-state index contributed by atoms with van der Waals surface area (Å²) in [7, 11) is 1.65. The third kappa shape index (κ3) is 5.12. The Morgan fingerprint density at radius 1 is 1.23 bits per heavy atom. The normalized spacial score (nSPS) is 14.9. The molecule has 0 radical (unpaired) electrons. The maximum Gasteiger partial charge on any atom is 0.252 e. The number of carbonyl (C=O) groups excluding carboxylic acids is 1. The zero-order valence-electron chi connectivity index (χ0n) is 17.9. The van der Waals surface area contributed by atoms with Gasteiger partial charge in [0, 0.05) is 32.3 Å². The van der Waals surface area contributed by atoms with Gasteiger partial charge in [-0.25, -0.2) is 4.98 Å². The Bertz CT molecular complexity index is 1060. The summed E-state index contributed by atoms with van der Waals surface area (Å²) < 4.78 is 12.0. The maximum atomic E-state index is 13.2. The molecule has 2 heterocycles. The van der Waals surface area contributed by atoms with Gasteiger partial charge < -0.3 is 9.47 Å². The monoisotopic (exact) mass is 437 g/mol. The number of nitrogens with zero attached hydrogens (tertiary/aromatic N) is 3. The lowest BCUT2D eigenvalue weighted by molar-refractivity contribution is -0.114. The van der Waals surface area contributed by atoms with Crippen LogP contribution in [0.15, 0.2) is 48.5 Å². The van der Waals surface area contributed by atoms with E-state index in [1.54, 1.807) is 18.1 Å². The summed E-state index contributed by atoms with van der Waals surface area (Å²) in [4.78, 5) is 22.1. The van der Waals surface area contributed by atoms with Crippen LogP contribution in [0.5, 0.6) is 5.75 Å². The third-order valence-electron chi connectivity index (χ3n) is 5.37. The minimum Gasteiger partial charge on any atom is -0.494 e. The first-order chi connectivity index (χ1) is 15.2. The van der Waals surface area contributed by atoms with Gasteiger partial charge in [-0.1, -0.05) is 47.7 Å². The van der Waals surface area contributed by atoms with Crippen molar-refractivity contribution in [3.05, 3.63) is 59.7 Å². The molecular formula is C24H27N3O3S. The minimum atomic E-state index is -0.0761. The summed E-state index contributed by atoms with van der Waals surface area (Å²) in [5.41, 5.74) is 2.92. The zero-order chi connectivity index (χ0) is 21.6. The number of hydrogen-bond donors (Lipinski definition) is 0. The van der Waals surface area contributed by atoms with Crippen molar-refractivity contribution in [3.8, 4) is 5.75 Å². The van der Waals surface area contributed by atoms with Gasteiger partial charge in [-0.3, -0.25) is 14.6 Å². The number of thiazole rings is 1. The predicted molar refractivity (Wildman–Crippen MR) is 126 cm³/mol. The van der Waals surface area contributed by atoms with Gasteiger partial charge in [-0.2, -0.15) is 0 Å². The van der Waals surface area contributed by atoms with Crippen molar-refractivity contribution in [2.75, 3.05) is 51.4 Å². The molecule has 1 fully saturated rings. The summed E-state index contributed by atoms with van der Waals surface area (Å²) in [6.07, 6.45) is 3.48. The van der Waals surface area contributed by atoms with Crippen LogP contribution in [0.4, 0.5) is 5.13 Å². The summed E-state index contributed by atoms with van der Waals surface area (Å²) in [5.74, 6) is 0.649. The highest BCUT2D eigenvalue weighted by Gasteiger charge is 2.21. The number of aromatic nitrogens is 1. The summed E-state index contributed by atoms with van der Waals surface area (Å²) in [6, 6.07) is 13.8. The van der Waals surface area contributed by atoms with Gasteiger partial charge in [-0.05, 0) is 30.2 Å². The van der Waals surface area contributed by atoms with Crippen LogP contribution < -0.4 is 9.64 Å². The van der Waals surface area contributed by atoms with Crippen molar-refractivity contribution in [2.24, 2.45) is 0 Å². The van der Waals surface area contributed by atoms with E-state index in [0.717, 1.165) is 59.9 Å². The number of amides is 1. The number of hydrogen-bond acceptors (Lipinski definition) is 6. The van der Waals surface area contributed by atoms with Gasteiger partial charge in [-0.15, -0.1) is 0 Å². The predicted octanol–water partition coefficient (Wildman–Crippen LogP) is 3.99. The number of anilines is 1. The highest BCUT2D eigenvalue weighted by Crippen LogP contribution is 2.36. The Kier molecular flexibility index (Phi) is 6.96.